The van der Waals surface area contributed by atoms with E-state index in [1.807, 2.05) is 30.3 Å². The third kappa shape index (κ3) is 3.51. The van der Waals surface area contributed by atoms with Crippen LogP contribution < -0.4 is 4.74 Å². The fourth-order valence-electron chi connectivity index (χ4n) is 2.31. The SMILES string of the molecule is Cc1cccc(-c2ccc(OCc3ccccc3)cc2)c1. The Bertz CT molecular complexity index is 699. The molecule has 3 aromatic carbocycles. The lowest BCUT2D eigenvalue weighted by Gasteiger charge is -2.08. The number of aryl methyl sites for hydroxylation is 1. The van der Waals surface area contributed by atoms with Gasteiger partial charge in [0.25, 0.3) is 0 Å². The summed E-state index contributed by atoms with van der Waals surface area (Å²) in [6.07, 6.45) is 0. The van der Waals surface area contributed by atoms with Gasteiger partial charge in [0.15, 0.2) is 0 Å². The average molecular weight is 274 g/mol. The number of benzene rings is 3. The summed E-state index contributed by atoms with van der Waals surface area (Å²) in [6, 6.07) is 27.0. The van der Waals surface area contributed by atoms with Gasteiger partial charge in [0.05, 0.1) is 0 Å². The normalized spacial score (nSPS) is 10.3. The van der Waals surface area contributed by atoms with E-state index in [-0.39, 0.29) is 0 Å². The molecule has 0 saturated heterocycles. The van der Waals surface area contributed by atoms with Crippen LogP contribution in [0.2, 0.25) is 0 Å². The van der Waals surface area contributed by atoms with E-state index in [9.17, 15) is 0 Å². The standard InChI is InChI=1S/C20H18O/c1-16-6-5-9-19(14-16)18-10-12-20(13-11-18)21-15-17-7-3-2-4-8-17/h2-14H,15H2,1H3. The Morgan fingerprint density at radius 2 is 1.48 bits per heavy atom. The van der Waals surface area contributed by atoms with Crippen molar-refractivity contribution < 1.29 is 4.74 Å². The van der Waals surface area contributed by atoms with Crippen LogP contribution in [0.15, 0.2) is 78.9 Å². The van der Waals surface area contributed by atoms with Crippen molar-refractivity contribution in [3.63, 3.8) is 0 Å². The second-order valence-electron chi connectivity index (χ2n) is 5.17. The van der Waals surface area contributed by atoms with Crippen LogP contribution in [-0.4, -0.2) is 0 Å². The molecule has 0 amide bonds. The maximum absolute atomic E-state index is 5.81. The quantitative estimate of drug-likeness (QED) is 0.632. The van der Waals surface area contributed by atoms with Gasteiger partial charge in [0.1, 0.15) is 12.4 Å². The average Bonchev–Trinajstić information content (AvgIpc) is 2.54. The lowest BCUT2D eigenvalue weighted by molar-refractivity contribution is 0.306. The van der Waals surface area contributed by atoms with E-state index in [0.29, 0.717) is 6.61 Å². The van der Waals surface area contributed by atoms with Gasteiger partial charge in [-0.2, -0.15) is 0 Å². The summed E-state index contributed by atoms with van der Waals surface area (Å²) >= 11 is 0. The van der Waals surface area contributed by atoms with Crippen LogP contribution in [0.25, 0.3) is 11.1 Å². The molecular formula is C20H18O. The second-order valence-corrected chi connectivity index (χ2v) is 5.17. The lowest BCUT2D eigenvalue weighted by atomic mass is 10.0. The Morgan fingerprint density at radius 3 is 2.19 bits per heavy atom. The first-order chi connectivity index (χ1) is 10.3. The number of hydrogen-bond donors (Lipinski definition) is 0. The van der Waals surface area contributed by atoms with Gasteiger partial charge in [-0.25, -0.2) is 0 Å². The van der Waals surface area contributed by atoms with Gasteiger partial charge in [0, 0.05) is 0 Å². The highest BCUT2D eigenvalue weighted by Gasteiger charge is 1.99. The number of rotatable bonds is 4. The summed E-state index contributed by atoms with van der Waals surface area (Å²) in [5.41, 5.74) is 4.91. The number of hydrogen-bond acceptors (Lipinski definition) is 1. The van der Waals surface area contributed by atoms with Crippen LogP contribution in [0.1, 0.15) is 11.1 Å². The van der Waals surface area contributed by atoms with Crippen LogP contribution in [0.5, 0.6) is 5.75 Å². The van der Waals surface area contributed by atoms with E-state index in [4.69, 9.17) is 4.74 Å². The molecule has 3 aromatic rings. The Kier molecular flexibility index (Phi) is 4.02. The van der Waals surface area contributed by atoms with Gasteiger partial charge in [-0.15, -0.1) is 0 Å². The van der Waals surface area contributed by atoms with Gasteiger partial charge in [-0.3, -0.25) is 0 Å². The Hall–Kier alpha value is -2.54. The van der Waals surface area contributed by atoms with Gasteiger partial charge < -0.3 is 4.74 Å². The monoisotopic (exact) mass is 274 g/mol. The van der Waals surface area contributed by atoms with Crippen molar-refractivity contribution in [2.75, 3.05) is 0 Å². The summed E-state index contributed by atoms with van der Waals surface area (Å²) in [5, 5.41) is 0. The first-order valence-corrected chi connectivity index (χ1v) is 7.15. The summed E-state index contributed by atoms with van der Waals surface area (Å²) < 4.78 is 5.81. The third-order valence-corrected chi connectivity index (χ3v) is 3.45. The molecule has 0 saturated carbocycles. The minimum absolute atomic E-state index is 0.602. The molecule has 3 rings (SSSR count). The van der Waals surface area contributed by atoms with E-state index in [1.54, 1.807) is 0 Å². The topological polar surface area (TPSA) is 9.23 Å². The van der Waals surface area contributed by atoms with Crippen LogP contribution >= 0.6 is 0 Å². The Morgan fingerprint density at radius 1 is 0.714 bits per heavy atom. The molecule has 0 aliphatic heterocycles. The molecule has 0 radical (unpaired) electrons. The summed E-state index contributed by atoms with van der Waals surface area (Å²) in [6.45, 7) is 2.71. The van der Waals surface area contributed by atoms with E-state index < -0.39 is 0 Å². The molecule has 0 aliphatic carbocycles. The molecule has 0 aliphatic rings. The van der Waals surface area contributed by atoms with Crippen molar-refractivity contribution >= 4 is 0 Å². The molecule has 0 fully saturated rings. The molecule has 0 atom stereocenters. The van der Waals surface area contributed by atoms with E-state index >= 15 is 0 Å². The Labute approximate surface area is 125 Å². The fourth-order valence-corrected chi connectivity index (χ4v) is 2.31. The number of ether oxygens (including phenoxy) is 1. The highest BCUT2D eigenvalue weighted by Crippen LogP contribution is 2.23. The molecule has 0 spiro atoms. The summed E-state index contributed by atoms with van der Waals surface area (Å²) in [4.78, 5) is 0. The maximum atomic E-state index is 5.81. The fraction of sp³-hybridized carbons (Fsp3) is 0.100. The molecule has 0 N–H and O–H groups in total. The summed E-state index contributed by atoms with van der Waals surface area (Å²) in [5.74, 6) is 0.898. The van der Waals surface area contributed by atoms with Gasteiger partial charge >= 0.3 is 0 Å². The minimum Gasteiger partial charge on any atom is -0.489 e. The van der Waals surface area contributed by atoms with Crippen molar-refractivity contribution in [2.24, 2.45) is 0 Å². The second kappa shape index (κ2) is 6.27. The van der Waals surface area contributed by atoms with Crippen molar-refractivity contribution in [3.05, 3.63) is 90.0 Å². The zero-order valence-electron chi connectivity index (χ0n) is 12.1. The lowest BCUT2D eigenvalue weighted by Crippen LogP contribution is -1.94. The Balaban J connectivity index is 1.69. The van der Waals surface area contributed by atoms with Crippen molar-refractivity contribution in [1.29, 1.82) is 0 Å². The zero-order valence-corrected chi connectivity index (χ0v) is 12.1. The van der Waals surface area contributed by atoms with E-state index in [0.717, 1.165) is 5.75 Å². The largest absolute Gasteiger partial charge is 0.489 e. The van der Waals surface area contributed by atoms with Crippen molar-refractivity contribution in [3.8, 4) is 16.9 Å². The third-order valence-electron chi connectivity index (χ3n) is 3.45. The zero-order chi connectivity index (χ0) is 14.5. The molecular weight excluding hydrogens is 256 g/mol. The smallest absolute Gasteiger partial charge is 0.119 e. The first kappa shape index (κ1) is 13.4. The molecule has 21 heavy (non-hydrogen) atoms. The van der Waals surface area contributed by atoms with Crippen molar-refractivity contribution in [1.82, 2.24) is 0 Å². The van der Waals surface area contributed by atoms with Crippen LogP contribution in [0.4, 0.5) is 0 Å². The predicted molar refractivity (Wildman–Crippen MR) is 87.4 cm³/mol. The van der Waals surface area contributed by atoms with Crippen LogP contribution in [-0.2, 0) is 6.61 Å². The first-order valence-electron chi connectivity index (χ1n) is 7.15. The maximum Gasteiger partial charge on any atom is 0.119 e. The van der Waals surface area contributed by atoms with Gasteiger partial charge in [0.2, 0.25) is 0 Å². The molecule has 104 valence electrons. The summed E-state index contributed by atoms with van der Waals surface area (Å²) in [7, 11) is 0. The molecule has 0 heterocycles. The highest BCUT2D eigenvalue weighted by atomic mass is 16.5. The van der Waals surface area contributed by atoms with Gasteiger partial charge in [-0.05, 0) is 35.7 Å². The van der Waals surface area contributed by atoms with Crippen molar-refractivity contribution in [2.45, 2.75) is 13.5 Å². The van der Waals surface area contributed by atoms with E-state index in [1.165, 1.54) is 22.3 Å². The van der Waals surface area contributed by atoms with Gasteiger partial charge in [-0.1, -0.05) is 72.3 Å². The molecule has 1 heteroatoms. The molecule has 1 nitrogen and oxygen atoms in total. The predicted octanol–water partition coefficient (Wildman–Crippen LogP) is 5.24. The molecule has 0 bridgehead atoms. The van der Waals surface area contributed by atoms with Crippen LogP contribution in [0.3, 0.4) is 0 Å². The van der Waals surface area contributed by atoms with E-state index in [2.05, 4.69) is 55.5 Å². The minimum atomic E-state index is 0.602. The molecule has 0 aromatic heterocycles. The van der Waals surface area contributed by atoms with Crippen LogP contribution in [0, 0.1) is 6.92 Å². The molecule has 0 unspecified atom stereocenters. The highest BCUT2D eigenvalue weighted by molar-refractivity contribution is 5.64.